The third-order valence-corrected chi connectivity index (χ3v) is 9.68. The molecule has 0 heterocycles. The highest BCUT2D eigenvalue weighted by molar-refractivity contribution is 7.92. The lowest BCUT2D eigenvalue weighted by Gasteiger charge is -2.34. The molecule has 3 aromatic rings. The van der Waals surface area contributed by atoms with E-state index in [2.05, 4.69) is 5.32 Å². The molecule has 3 aromatic carbocycles. The summed E-state index contributed by atoms with van der Waals surface area (Å²) >= 11 is 6.40. The number of carbonyl (C=O) groups excluding carboxylic acids is 2. The van der Waals surface area contributed by atoms with Gasteiger partial charge in [0.15, 0.2) is 0 Å². The van der Waals surface area contributed by atoms with Crippen molar-refractivity contribution in [1.82, 2.24) is 10.2 Å². The molecule has 0 unspecified atom stereocenters. The zero-order valence-electron chi connectivity index (χ0n) is 24.3. The van der Waals surface area contributed by atoms with Crippen LogP contribution in [-0.2, 0) is 26.2 Å². The van der Waals surface area contributed by atoms with Crippen LogP contribution in [0.5, 0.6) is 5.75 Å². The minimum absolute atomic E-state index is 0.0356. The molecule has 1 N–H and O–H groups in total. The Kier molecular flexibility index (Phi) is 10.5. The molecule has 42 heavy (non-hydrogen) atoms. The largest absolute Gasteiger partial charge is 0.495 e. The number of benzene rings is 3. The second-order valence-corrected chi connectivity index (χ2v) is 12.8. The van der Waals surface area contributed by atoms with Crippen LogP contribution in [0.1, 0.15) is 50.2 Å². The minimum atomic E-state index is -4.19. The fourth-order valence-electron chi connectivity index (χ4n) is 5.24. The highest BCUT2D eigenvalue weighted by Gasteiger charge is 2.34. The van der Waals surface area contributed by atoms with Gasteiger partial charge >= 0.3 is 0 Å². The first kappa shape index (κ1) is 31.4. The van der Waals surface area contributed by atoms with Gasteiger partial charge in [0.1, 0.15) is 18.3 Å². The summed E-state index contributed by atoms with van der Waals surface area (Å²) in [5, 5.41) is 3.33. The summed E-state index contributed by atoms with van der Waals surface area (Å²) in [6, 6.07) is 19.7. The lowest BCUT2D eigenvalue weighted by Crippen LogP contribution is -2.53. The average Bonchev–Trinajstić information content (AvgIpc) is 3.49. The molecule has 1 fully saturated rings. The SMILES string of the molecule is CC[C@H](C(=O)NC1CCCC1)N(Cc1ccccc1)C(=O)CN(c1ccc(OC)c(Cl)c1)S(=O)(=O)c1ccc(C)cc1. The molecular weight excluding hydrogens is 574 g/mol. The summed E-state index contributed by atoms with van der Waals surface area (Å²) in [6.45, 7) is 3.34. The van der Waals surface area contributed by atoms with Gasteiger partial charge in [0.2, 0.25) is 11.8 Å². The molecule has 1 saturated carbocycles. The Balaban J connectivity index is 1.73. The van der Waals surface area contributed by atoms with E-state index in [1.807, 2.05) is 44.2 Å². The van der Waals surface area contributed by atoms with Gasteiger partial charge in [0.05, 0.1) is 22.7 Å². The molecule has 2 amide bonds. The van der Waals surface area contributed by atoms with Gasteiger partial charge in [-0.15, -0.1) is 0 Å². The maximum absolute atomic E-state index is 14.2. The molecule has 0 aliphatic heterocycles. The van der Waals surface area contributed by atoms with Gasteiger partial charge in [-0.05, 0) is 62.1 Å². The van der Waals surface area contributed by atoms with Gasteiger partial charge in [0, 0.05) is 12.6 Å². The Morgan fingerprint density at radius 1 is 1.02 bits per heavy atom. The average molecular weight is 612 g/mol. The fourth-order valence-corrected chi connectivity index (χ4v) is 6.90. The first-order chi connectivity index (χ1) is 20.1. The predicted octanol–water partition coefficient (Wildman–Crippen LogP) is 5.72. The number of anilines is 1. The van der Waals surface area contributed by atoms with Crippen LogP contribution in [0.2, 0.25) is 5.02 Å². The third kappa shape index (κ3) is 7.44. The summed E-state index contributed by atoms with van der Waals surface area (Å²) < 4.78 is 34.4. The van der Waals surface area contributed by atoms with Gasteiger partial charge in [-0.25, -0.2) is 8.42 Å². The lowest BCUT2D eigenvalue weighted by molar-refractivity contribution is -0.140. The third-order valence-electron chi connectivity index (χ3n) is 7.59. The Morgan fingerprint density at radius 2 is 1.69 bits per heavy atom. The van der Waals surface area contributed by atoms with Crippen molar-refractivity contribution >= 4 is 39.1 Å². The van der Waals surface area contributed by atoms with Crippen molar-refractivity contribution in [3.63, 3.8) is 0 Å². The van der Waals surface area contributed by atoms with Crippen LogP contribution in [0.4, 0.5) is 5.69 Å². The highest BCUT2D eigenvalue weighted by atomic mass is 35.5. The summed E-state index contributed by atoms with van der Waals surface area (Å²) in [4.78, 5) is 29.2. The standard InChI is InChI=1S/C32H38ClN3O5S/c1-4-29(32(38)34-25-12-8-9-13-25)35(21-24-10-6-5-7-11-24)31(37)22-36(26-16-19-30(41-3)28(33)20-26)42(39,40)27-17-14-23(2)15-18-27/h5-7,10-11,14-20,25,29H,4,8-9,12-13,21-22H2,1-3H3,(H,34,38)/t29-/m1/s1. The number of ether oxygens (including phenoxy) is 1. The van der Waals surface area contributed by atoms with Crippen LogP contribution in [0, 0.1) is 6.92 Å². The number of hydrogen-bond donors (Lipinski definition) is 1. The molecule has 4 rings (SSSR count). The molecule has 0 aromatic heterocycles. The van der Waals surface area contributed by atoms with E-state index in [1.165, 1.54) is 30.2 Å². The topological polar surface area (TPSA) is 96.0 Å². The molecule has 1 atom stereocenters. The van der Waals surface area contributed by atoms with E-state index >= 15 is 0 Å². The molecule has 10 heteroatoms. The van der Waals surface area contributed by atoms with E-state index < -0.39 is 28.5 Å². The van der Waals surface area contributed by atoms with Crippen molar-refractivity contribution in [1.29, 1.82) is 0 Å². The number of amides is 2. The van der Waals surface area contributed by atoms with Crippen LogP contribution in [0.3, 0.4) is 0 Å². The second-order valence-electron chi connectivity index (χ2n) is 10.6. The first-order valence-electron chi connectivity index (χ1n) is 14.2. The van der Waals surface area contributed by atoms with Crippen LogP contribution in [0.15, 0.2) is 77.7 Å². The molecule has 8 nitrogen and oxygen atoms in total. The Bertz CT molecular complexity index is 1480. The van der Waals surface area contributed by atoms with Gasteiger partial charge in [0.25, 0.3) is 10.0 Å². The first-order valence-corrected chi connectivity index (χ1v) is 16.0. The number of nitrogens with one attached hydrogen (secondary N) is 1. The molecule has 0 radical (unpaired) electrons. The number of sulfonamides is 1. The van der Waals surface area contributed by atoms with Gasteiger partial charge in [-0.2, -0.15) is 0 Å². The Labute approximate surface area is 253 Å². The van der Waals surface area contributed by atoms with Gasteiger partial charge in [-0.3, -0.25) is 13.9 Å². The summed E-state index contributed by atoms with van der Waals surface area (Å²) in [5.74, 6) is -0.358. The number of carbonyl (C=O) groups is 2. The number of hydrogen-bond acceptors (Lipinski definition) is 5. The van der Waals surface area contributed by atoms with Crippen molar-refractivity contribution in [2.75, 3.05) is 18.0 Å². The van der Waals surface area contributed by atoms with Crippen molar-refractivity contribution in [3.8, 4) is 5.75 Å². The minimum Gasteiger partial charge on any atom is -0.495 e. The van der Waals surface area contributed by atoms with Crippen molar-refractivity contribution < 1.29 is 22.7 Å². The summed E-state index contributed by atoms with van der Waals surface area (Å²) in [5.41, 5.74) is 1.94. The van der Waals surface area contributed by atoms with Crippen molar-refractivity contribution in [3.05, 3.63) is 88.9 Å². The smallest absolute Gasteiger partial charge is 0.264 e. The highest BCUT2D eigenvalue weighted by Crippen LogP contribution is 2.32. The second kappa shape index (κ2) is 14.1. The van der Waals surface area contributed by atoms with Crippen LogP contribution < -0.4 is 14.4 Å². The van der Waals surface area contributed by atoms with Gasteiger partial charge < -0.3 is 15.0 Å². The van der Waals surface area contributed by atoms with Crippen LogP contribution in [-0.4, -0.2) is 50.9 Å². The van der Waals surface area contributed by atoms with E-state index in [0.717, 1.165) is 41.1 Å². The van der Waals surface area contributed by atoms with E-state index in [-0.39, 0.29) is 34.1 Å². The Hall–Kier alpha value is -3.56. The van der Waals surface area contributed by atoms with E-state index in [4.69, 9.17) is 16.3 Å². The summed E-state index contributed by atoms with van der Waals surface area (Å²) in [7, 11) is -2.73. The summed E-state index contributed by atoms with van der Waals surface area (Å²) in [6.07, 6.45) is 4.32. The fraction of sp³-hybridized carbons (Fsp3) is 0.375. The molecule has 0 bridgehead atoms. The molecule has 224 valence electrons. The Morgan fingerprint density at radius 3 is 2.29 bits per heavy atom. The zero-order valence-corrected chi connectivity index (χ0v) is 25.8. The molecule has 0 saturated heterocycles. The van der Waals surface area contributed by atoms with Crippen molar-refractivity contribution in [2.24, 2.45) is 0 Å². The molecule has 1 aliphatic rings. The number of methoxy groups -OCH3 is 1. The normalized spacial score (nSPS) is 14.3. The predicted molar refractivity (Wildman–Crippen MR) is 165 cm³/mol. The lowest BCUT2D eigenvalue weighted by atomic mass is 10.1. The molecule has 1 aliphatic carbocycles. The van der Waals surface area contributed by atoms with Crippen LogP contribution in [0.25, 0.3) is 0 Å². The van der Waals surface area contributed by atoms with Gasteiger partial charge in [-0.1, -0.05) is 79.4 Å². The number of rotatable bonds is 12. The van der Waals surface area contributed by atoms with Crippen LogP contribution >= 0.6 is 11.6 Å². The van der Waals surface area contributed by atoms with Crippen molar-refractivity contribution in [2.45, 2.75) is 69.5 Å². The van der Waals surface area contributed by atoms with E-state index in [9.17, 15) is 18.0 Å². The zero-order chi connectivity index (χ0) is 30.3. The van der Waals surface area contributed by atoms with E-state index in [1.54, 1.807) is 24.3 Å². The molecular formula is C32H38ClN3O5S. The monoisotopic (exact) mass is 611 g/mol. The maximum Gasteiger partial charge on any atom is 0.264 e. The molecule has 0 spiro atoms. The number of aryl methyl sites for hydroxylation is 1. The maximum atomic E-state index is 14.2. The number of nitrogens with zero attached hydrogens (tertiary/aromatic N) is 2. The number of halogens is 1. The van der Waals surface area contributed by atoms with E-state index in [0.29, 0.717) is 12.2 Å². The quantitative estimate of drug-likeness (QED) is 0.283.